The smallest absolute Gasteiger partial charge is 0.335 e. The first-order valence-electron chi connectivity index (χ1n) is 8.26. The molecule has 26 heavy (non-hydrogen) atoms. The molecule has 3 aromatic rings. The maximum Gasteiger partial charge on any atom is 0.335 e. The summed E-state index contributed by atoms with van der Waals surface area (Å²) in [7, 11) is 0. The van der Waals surface area contributed by atoms with Gasteiger partial charge in [0.1, 0.15) is 12.4 Å². The van der Waals surface area contributed by atoms with Crippen LogP contribution in [0.2, 0.25) is 0 Å². The topological polar surface area (TPSA) is 58.9 Å². The SMILES string of the molecule is Cc1ccc(N=Cc2ccc(OCc3ccc(C(=O)O)cc3)cc2)cc1. The third-order valence-electron chi connectivity index (χ3n) is 3.88. The second-order valence-corrected chi connectivity index (χ2v) is 5.95. The highest BCUT2D eigenvalue weighted by atomic mass is 16.5. The molecule has 0 bridgehead atoms. The average molecular weight is 345 g/mol. The van der Waals surface area contributed by atoms with Gasteiger partial charge in [-0.25, -0.2) is 4.79 Å². The number of rotatable bonds is 6. The molecule has 0 saturated heterocycles. The molecule has 0 saturated carbocycles. The molecule has 0 atom stereocenters. The van der Waals surface area contributed by atoms with Crippen LogP contribution in [0.1, 0.15) is 27.0 Å². The summed E-state index contributed by atoms with van der Waals surface area (Å²) in [6.07, 6.45) is 1.82. The van der Waals surface area contributed by atoms with Gasteiger partial charge in [0.2, 0.25) is 0 Å². The summed E-state index contributed by atoms with van der Waals surface area (Å²) in [6.45, 7) is 2.43. The third-order valence-corrected chi connectivity index (χ3v) is 3.88. The lowest BCUT2D eigenvalue weighted by molar-refractivity contribution is 0.0697. The lowest BCUT2D eigenvalue weighted by Gasteiger charge is -2.07. The molecule has 0 unspecified atom stereocenters. The minimum atomic E-state index is -0.930. The van der Waals surface area contributed by atoms with Crippen molar-refractivity contribution in [1.82, 2.24) is 0 Å². The number of carboxylic acid groups (broad SMARTS) is 1. The summed E-state index contributed by atoms with van der Waals surface area (Å²) in [6, 6.07) is 22.4. The van der Waals surface area contributed by atoms with Gasteiger partial charge in [-0.1, -0.05) is 29.8 Å². The van der Waals surface area contributed by atoms with E-state index in [1.54, 1.807) is 24.3 Å². The van der Waals surface area contributed by atoms with E-state index < -0.39 is 5.97 Å². The predicted octanol–water partition coefficient (Wildman–Crippen LogP) is 5.02. The van der Waals surface area contributed by atoms with Gasteiger partial charge in [0.15, 0.2) is 0 Å². The van der Waals surface area contributed by atoms with Crippen LogP contribution in [0.25, 0.3) is 0 Å². The average Bonchev–Trinajstić information content (AvgIpc) is 2.67. The number of ether oxygens (including phenoxy) is 1. The lowest BCUT2D eigenvalue weighted by atomic mass is 10.1. The molecule has 0 fully saturated rings. The van der Waals surface area contributed by atoms with E-state index in [-0.39, 0.29) is 5.56 Å². The number of aromatic carboxylic acids is 1. The predicted molar refractivity (Wildman–Crippen MR) is 103 cm³/mol. The van der Waals surface area contributed by atoms with Crippen molar-refractivity contribution in [3.05, 3.63) is 95.1 Å². The standard InChI is InChI=1S/C22H19NO3/c1-16-2-10-20(11-3-16)23-14-17-6-12-21(13-7-17)26-15-18-4-8-19(9-5-18)22(24)25/h2-14H,15H2,1H3,(H,24,25). The highest BCUT2D eigenvalue weighted by Gasteiger charge is 2.02. The second-order valence-electron chi connectivity index (χ2n) is 5.95. The van der Waals surface area contributed by atoms with Gasteiger partial charge in [0.05, 0.1) is 11.3 Å². The Bertz CT molecular complexity index is 896. The first-order valence-corrected chi connectivity index (χ1v) is 8.26. The van der Waals surface area contributed by atoms with E-state index in [0.29, 0.717) is 6.61 Å². The van der Waals surface area contributed by atoms with Crippen LogP contribution in [0.5, 0.6) is 5.75 Å². The molecule has 0 aromatic heterocycles. The Morgan fingerprint density at radius 3 is 2.23 bits per heavy atom. The van der Waals surface area contributed by atoms with E-state index >= 15 is 0 Å². The Kier molecular flexibility index (Phi) is 5.44. The molecule has 0 radical (unpaired) electrons. The molecule has 0 spiro atoms. The van der Waals surface area contributed by atoms with Gasteiger partial charge in [-0.2, -0.15) is 0 Å². The van der Waals surface area contributed by atoms with Gasteiger partial charge >= 0.3 is 5.97 Å². The zero-order valence-corrected chi connectivity index (χ0v) is 14.4. The van der Waals surface area contributed by atoms with E-state index in [1.807, 2.05) is 61.7 Å². The van der Waals surface area contributed by atoms with Crippen molar-refractivity contribution in [1.29, 1.82) is 0 Å². The van der Waals surface area contributed by atoms with Crippen molar-refractivity contribution in [2.75, 3.05) is 0 Å². The molecule has 0 aliphatic carbocycles. The van der Waals surface area contributed by atoms with Crippen molar-refractivity contribution in [3.63, 3.8) is 0 Å². The molecule has 0 amide bonds. The van der Waals surface area contributed by atoms with E-state index in [2.05, 4.69) is 4.99 Å². The Balaban J connectivity index is 1.57. The van der Waals surface area contributed by atoms with Crippen LogP contribution >= 0.6 is 0 Å². The summed E-state index contributed by atoms with van der Waals surface area (Å²) >= 11 is 0. The number of hydrogen-bond donors (Lipinski definition) is 1. The van der Waals surface area contributed by atoms with Gasteiger partial charge in [0.25, 0.3) is 0 Å². The summed E-state index contributed by atoms with van der Waals surface area (Å²) in [5.41, 5.74) is 4.30. The van der Waals surface area contributed by atoms with Crippen LogP contribution < -0.4 is 4.74 Å². The van der Waals surface area contributed by atoms with Crippen molar-refractivity contribution in [2.24, 2.45) is 4.99 Å². The first kappa shape index (κ1) is 17.4. The molecule has 130 valence electrons. The van der Waals surface area contributed by atoms with E-state index in [0.717, 1.165) is 22.6 Å². The van der Waals surface area contributed by atoms with Crippen LogP contribution in [0.3, 0.4) is 0 Å². The highest BCUT2D eigenvalue weighted by molar-refractivity contribution is 5.87. The zero-order valence-electron chi connectivity index (χ0n) is 14.4. The van der Waals surface area contributed by atoms with Crippen molar-refractivity contribution in [2.45, 2.75) is 13.5 Å². The Hall–Kier alpha value is -3.40. The molecule has 4 nitrogen and oxygen atoms in total. The fraction of sp³-hybridized carbons (Fsp3) is 0.0909. The van der Waals surface area contributed by atoms with Gasteiger partial charge in [-0.05, 0) is 66.6 Å². The van der Waals surface area contributed by atoms with Crippen LogP contribution in [0, 0.1) is 6.92 Å². The van der Waals surface area contributed by atoms with Gasteiger partial charge in [-0.3, -0.25) is 4.99 Å². The zero-order chi connectivity index (χ0) is 18.4. The summed E-state index contributed by atoms with van der Waals surface area (Å²) in [5, 5.41) is 8.90. The largest absolute Gasteiger partial charge is 0.489 e. The number of aryl methyl sites for hydroxylation is 1. The molecule has 3 aromatic carbocycles. The Morgan fingerprint density at radius 2 is 1.62 bits per heavy atom. The van der Waals surface area contributed by atoms with Gasteiger partial charge < -0.3 is 9.84 Å². The maximum absolute atomic E-state index is 10.8. The fourth-order valence-corrected chi connectivity index (χ4v) is 2.34. The van der Waals surface area contributed by atoms with Crippen LogP contribution in [0.15, 0.2) is 77.8 Å². The maximum atomic E-state index is 10.8. The fourth-order valence-electron chi connectivity index (χ4n) is 2.34. The Labute approximate surface area is 152 Å². The molecule has 3 rings (SSSR count). The highest BCUT2D eigenvalue weighted by Crippen LogP contribution is 2.16. The van der Waals surface area contributed by atoms with E-state index in [1.165, 1.54) is 5.56 Å². The number of aliphatic imine (C=N–C) groups is 1. The monoisotopic (exact) mass is 345 g/mol. The minimum Gasteiger partial charge on any atom is -0.489 e. The van der Waals surface area contributed by atoms with Gasteiger partial charge in [-0.15, -0.1) is 0 Å². The number of carboxylic acids is 1. The molecule has 0 aliphatic heterocycles. The lowest BCUT2D eigenvalue weighted by Crippen LogP contribution is -1.99. The second kappa shape index (κ2) is 8.12. The van der Waals surface area contributed by atoms with E-state index in [4.69, 9.17) is 9.84 Å². The number of benzene rings is 3. The van der Waals surface area contributed by atoms with Crippen molar-refractivity contribution >= 4 is 17.9 Å². The minimum absolute atomic E-state index is 0.269. The Morgan fingerprint density at radius 1 is 0.962 bits per heavy atom. The molecule has 1 N–H and O–H groups in total. The first-order chi connectivity index (χ1) is 12.6. The van der Waals surface area contributed by atoms with Gasteiger partial charge in [0, 0.05) is 6.21 Å². The van der Waals surface area contributed by atoms with E-state index in [9.17, 15) is 4.79 Å². The van der Waals surface area contributed by atoms with Crippen molar-refractivity contribution in [3.8, 4) is 5.75 Å². The number of carbonyl (C=O) groups is 1. The molecule has 0 aliphatic rings. The summed E-state index contributed by atoms with van der Waals surface area (Å²) < 4.78 is 5.73. The van der Waals surface area contributed by atoms with Crippen molar-refractivity contribution < 1.29 is 14.6 Å². The van der Waals surface area contributed by atoms with Crippen LogP contribution in [0.4, 0.5) is 5.69 Å². The van der Waals surface area contributed by atoms with Crippen LogP contribution in [-0.4, -0.2) is 17.3 Å². The normalized spacial score (nSPS) is 10.8. The molecule has 4 heteroatoms. The molecule has 0 heterocycles. The molecular formula is C22H19NO3. The number of nitrogens with zero attached hydrogens (tertiary/aromatic N) is 1. The summed E-state index contributed by atoms with van der Waals surface area (Å²) in [5.74, 6) is -0.180. The van der Waals surface area contributed by atoms with Crippen LogP contribution in [-0.2, 0) is 6.61 Å². The third kappa shape index (κ3) is 4.80. The number of hydrogen-bond acceptors (Lipinski definition) is 3. The quantitative estimate of drug-likeness (QED) is 0.638. The molecular weight excluding hydrogens is 326 g/mol. The summed E-state index contributed by atoms with van der Waals surface area (Å²) in [4.78, 5) is 15.3.